The van der Waals surface area contributed by atoms with Gasteiger partial charge in [0, 0.05) is 25.7 Å². The number of methoxy groups -OCH3 is 1. The fourth-order valence-electron chi connectivity index (χ4n) is 5.64. The van der Waals surface area contributed by atoms with E-state index in [1.165, 1.54) is 57.8 Å². The van der Waals surface area contributed by atoms with Gasteiger partial charge in [0.15, 0.2) is 0 Å². The summed E-state index contributed by atoms with van der Waals surface area (Å²) >= 11 is 0. The van der Waals surface area contributed by atoms with Gasteiger partial charge in [-0.1, -0.05) is 19.8 Å². The predicted octanol–water partition coefficient (Wildman–Crippen LogP) is 4.23. The molecule has 0 atom stereocenters. The molecule has 0 aromatic rings. The highest BCUT2D eigenvalue weighted by molar-refractivity contribution is 5.78. The van der Waals surface area contributed by atoms with E-state index in [4.69, 9.17) is 4.74 Å². The van der Waals surface area contributed by atoms with Gasteiger partial charge in [-0.25, -0.2) is 0 Å². The lowest BCUT2D eigenvalue weighted by molar-refractivity contribution is -0.143. The van der Waals surface area contributed by atoms with Crippen molar-refractivity contribution in [1.82, 2.24) is 9.80 Å². The summed E-state index contributed by atoms with van der Waals surface area (Å²) in [6.07, 6.45) is 14.2. The van der Waals surface area contributed by atoms with Crippen molar-refractivity contribution in [2.45, 2.75) is 95.1 Å². The van der Waals surface area contributed by atoms with E-state index < -0.39 is 0 Å². The fourth-order valence-corrected chi connectivity index (χ4v) is 5.64. The monoisotopic (exact) mass is 364 g/mol. The zero-order valence-electron chi connectivity index (χ0n) is 17.6. The van der Waals surface area contributed by atoms with Crippen molar-refractivity contribution in [2.75, 3.05) is 34.3 Å². The molecule has 1 amide bonds. The van der Waals surface area contributed by atoms with Crippen LogP contribution in [0, 0.1) is 5.41 Å². The first kappa shape index (κ1) is 20.1. The van der Waals surface area contributed by atoms with E-state index in [2.05, 4.69) is 30.8 Å². The molecule has 3 rings (SSSR count). The third-order valence-corrected chi connectivity index (χ3v) is 8.15. The van der Waals surface area contributed by atoms with E-state index in [9.17, 15) is 4.79 Å². The number of carbonyl (C=O) groups is 1. The predicted molar refractivity (Wildman–Crippen MR) is 106 cm³/mol. The number of hydrogen-bond acceptors (Lipinski definition) is 3. The first-order valence-corrected chi connectivity index (χ1v) is 10.9. The molecule has 1 heterocycles. The minimum absolute atomic E-state index is 0.139. The summed E-state index contributed by atoms with van der Waals surface area (Å²) in [5.41, 5.74) is 0.644. The molecule has 0 unspecified atom stereocenters. The highest BCUT2D eigenvalue weighted by Crippen LogP contribution is 2.50. The van der Waals surface area contributed by atoms with Crippen molar-refractivity contribution in [3.05, 3.63) is 0 Å². The van der Waals surface area contributed by atoms with Crippen LogP contribution in [-0.4, -0.2) is 61.1 Å². The molecule has 1 saturated heterocycles. The van der Waals surface area contributed by atoms with Crippen LogP contribution in [0.5, 0.6) is 0 Å². The van der Waals surface area contributed by atoms with Crippen LogP contribution >= 0.6 is 0 Å². The zero-order chi connectivity index (χ0) is 18.8. The quantitative estimate of drug-likeness (QED) is 0.678. The Morgan fingerprint density at radius 3 is 2.27 bits per heavy atom. The molecule has 0 bridgehead atoms. The van der Waals surface area contributed by atoms with E-state index >= 15 is 0 Å². The van der Waals surface area contributed by atoms with Crippen LogP contribution in [0.4, 0.5) is 0 Å². The van der Waals surface area contributed by atoms with Crippen molar-refractivity contribution in [3.63, 3.8) is 0 Å². The van der Waals surface area contributed by atoms with Gasteiger partial charge >= 0.3 is 0 Å². The van der Waals surface area contributed by atoms with Crippen LogP contribution in [-0.2, 0) is 9.53 Å². The number of nitrogens with zero attached hydrogens (tertiary/aromatic N) is 2. The maximum absolute atomic E-state index is 12.9. The third-order valence-electron chi connectivity index (χ3n) is 8.15. The Bertz CT molecular complexity index is 485. The summed E-state index contributed by atoms with van der Waals surface area (Å²) in [6.45, 7) is 4.24. The summed E-state index contributed by atoms with van der Waals surface area (Å²) in [5.74, 6) is 0.332. The van der Waals surface area contributed by atoms with Gasteiger partial charge in [-0.3, -0.25) is 4.79 Å². The van der Waals surface area contributed by atoms with Gasteiger partial charge in [0.05, 0.1) is 12.0 Å². The van der Waals surface area contributed by atoms with Gasteiger partial charge in [0.2, 0.25) is 5.91 Å². The molecular weight excluding hydrogens is 324 g/mol. The van der Waals surface area contributed by atoms with Crippen molar-refractivity contribution in [3.8, 4) is 0 Å². The second-order valence-electron chi connectivity index (χ2n) is 9.71. The maximum Gasteiger partial charge on any atom is 0.225 e. The SMILES string of the molecule is CCCCC1(N(C)C)CCC2(CCN(C(=O)CC3(OC)CCC3)C2)CC1. The minimum Gasteiger partial charge on any atom is -0.378 e. The summed E-state index contributed by atoms with van der Waals surface area (Å²) in [5, 5.41) is 0. The Labute approximate surface area is 160 Å². The van der Waals surface area contributed by atoms with Crippen LogP contribution in [0.1, 0.15) is 84.0 Å². The van der Waals surface area contributed by atoms with E-state index in [0.717, 1.165) is 25.9 Å². The van der Waals surface area contributed by atoms with Gasteiger partial charge in [0.1, 0.15) is 0 Å². The molecule has 150 valence electrons. The Morgan fingerprint density at radius 2 is 1.77 bits per heavy atom. The molecular formula is C22H40N2O2. The molecule has 0 aromatic heterocycles. The highest BCUT2D eigenvalue weighted by Gasteiger charge is 2.48. The molecule has 4 nitrogen and oxygen atoms in total. The Morgan fingerprint density at radius 1 is 1.08 bits per heavy atom. The maximum atomic E-state index is 12.9. The van der Waals surface area contributed by atoms with Crippen LogP contribution in [0.2, 0.25) is 0 Å². The summed E-state index contributed by atoms with van der Waals surface area (Å²) in [7, 11) is 6.30. The number of carbonyl (C=O) groups excluding carboxylic acids is 1. The van der Waals surface area contributed by atoms with Crippen LogP contribution < -0.4 is 0 Å². The fraction of sp³-hybridized carbons (Fsp3) is 0.955. The molecule has 4 heteroatoms. The molecule has 1 aliphatic heterocycles. The highest BCUT2D eigenvalue weighted by atomic mass is 16.5. The lowest BCUT2D eigenvalue weighted by Crippen LogP contribution is -2.50. The molecule has 0 aromatic carbocycles. The first-order chi connectivity index (χ1) is 12.4. The largest absolute Gasteiger partial charge is 0.378 e. The number of amides is 1. The van der Waals surface area contributed by atoms with Gasteiger partial charge in [-0.05, 0) is 77.3 Å². The molecule has 26 heavy (non-hydrogen) atoms. The Kier molecular flexibility index (Phi) is 6.03. The molecule has 3 fully saturated rings. The lowest BCUT2D eigenvalue weighted by atomic mass is 9.65. The summed E-state index contributed by atoms with van der Waals surface area (Å²) in [4.78, 5) is 17.5. The second kappa shape index (κ2) is 7.79. The molecule has 2 saturated carbocycles. The average Bonchev–Trinajstić information content (AvgIpc) is 3.02. The molecule has 0 radical (unpaired) electrons. The molecule has 0 N–H and O–H groups in total. The van der Waals surface area contributed by atoms with Crippen molar-refractivity contribution >= 4 is 5.91 Å². The minimum atomic E-state index is -0.139. The van der Waals surface area contributed by atoms with Crippen molar-refractivity contribution in [2.24, 2.45) is 5.41 Å². The number of unbranched alkanes of at least 4 members (excludes halogenated alkanes) is 1. The van der Waals surface area contributed by atoms with Gasteiger partial charge in [-0.15, -0.1) is 0 Å². The van der Waals surface area contributed by atoms with E-state index in [1.807, 2.05) is 0 Å². The van der Waals surface area contributed by atoms with Gasteiger partial charge < -0.3 is 14.5 Å². The van der Waals surface area contributed by atoms with Gasteiger partial charge in [-0.2, -0.15) is 0 Å². The standard InChI is InChI=1S/C22H40N2O2/c1-5-6-8-21(23(2)3)13-11-20(12-14-21)15-16-24(18-20)19(25)17-22(26-4)9-7-10-22/h5-18H2,1-4H3. The van der Waals surface area contributed by atoms with Crippen LogP contribution in [0.15, 0.2) is 0 Å². The molecule has 1 spiro atoms. The van der Waals surface area contributed by atoms with Crippen LogP contribution in [0.25, 0.3) is 0 Å². The van der Waals surface area contributed by atoms with Gasteiger partial charge in [0.25, 0.3) is 0 Å². The number of likely N-dealkylation sites (tertiary alicyclic amines) is 1. The smallest absolute Gasteiger partial charge is 0.225 e. The van der Waals surface area contributed by atoms with Crippen molar-refractivity contribution < 1.29 is 9.53 Å². The molecule has 3 aliphatic rings. The van der Waals surface area contributed by atoms with Crippen molar-refractivity contribution in [1.29, 1.82) is 0 Å². The number of ether oxygens (including phenoxy) is 1. The zero-order valence-corrected chi connectivity index (χ0v) is 17.6. The summed E-state index contributed by atoms with van der Waals surface area (Å²) < 4.78 is 5.68. The molecule has 2 aliphatic carbocycles. The first-order valence-electron chi connectivity index (χ1n) is 10.9. The average molecular weight is 365 g/mol. The Balaban J connectivity index is 1.56. The Hall–Kier alpha value is -0.610. The van der Waals surface area contributed by atoms with E-state index in [0.29, 0.717) is 23.3 Å². The normalized spacial score (nSPS) is 33.7. The number of rotatable bonds is 7. The third kappa shape index (κ3) is 3.82. The van der Waals surface area contributed by atoms with Crippen LogP contribution in [0.3, 0.4) is 0 Å². The lowest BCUT2D eigenvalue weighted by Gasteiger charge is -2.49. The van der Waals surface area contributed by atoms with E-state index in [-0.39, 0.29) is 5.60 Å². The second-order valence-corrected chi connectivity index (χ2v) is 9.71. The van der Waals surface area contributed by atoms with E-state index in [1.54, 1.807) is 7.11 Å². The summed E-state index contributed by atoms with van der Waals surface area (Å²) in [6, 6.07) is 0. The number of hydrogen-bond donors (Lipinski definition) is 0. The topological polar surface area (TPSA) is 32.8 Å².